The van der Waals surface area contributed by atoms with Crippen LogP contribution in [0.3, 0.4) is 0 Å². The van der Waals surface area contributed by atoms with Crippen molar-refractivity contribution in [3.8, 4) is 0 Å². The first-order valence-electron chi connectivity index (χ1n) is 8.55. The van der Waals surface area contributed by atoms with Crippen molar-refractivity contribution in [3.63, 3.8) is 0 Å². The minimum atomic E-state index is 0.372. The second kappa shape index (κ2) is 5.97. The number of imidazole rings is 1. The van der Waals surface area contributed by atoms with E-state index >= 15 is 0 Å². The number of nitrogens with zero attached hydrogens (tertiary/aromatic N) is 4. The van der Waals surface area contributed by atoms with E-state index in [4.69, 9.17) is 4.98 Å². The number of pyridine rings is 1. The highest BCUT2D eigenvalue weighted by atomic mass is 15.3. The number of rotatable bonds is 3. The molecule has 0 amide bonds. The van der Waals surface area contributed by atoms with Gasteiger partial charge in [-0.1, -0.05) is 0 Å². The summed E-state index contributed by atoms with van der Waals surface area (Å²) >= 11 is 0. The summed E-state index contributed by atoms with van der Waals surface area (Å²) < 4.78 is 2.37. The lowest BCUT2D eigenvalue weighted by Gasteiger charge is -2.30. The van der Waals surface area contributed by atoms with E-state index in [0.717, 1.165) is 30.0 Å². The van der Waals surface area contributed by atoms with Gasteiger partial charge in [-0.05, 0) is 63.9 Å². The topological polar surface area (TPSA) is 46.0 Å². The van der Waals surface area contributed by atoms with E-state index in [2.05, 4.69) is 32.9 Å². The van der Waals surface area contributed by atoms with Crippen molar-refractivity contribution in [2.45, 2.75) is 38.3 Å². The quantitative estimate of drug-likeness (QED) is 0.944. The average Bonchev–Trinajstić information content (AvgIpc) is 3.13. The van der Waals surface area contributed by atoms with Crippen LogP contribution in [0.5, 0.6) is 0 Å². The molecule has 2 saturated heterocycles. The van der Waals surface area contributed by atoms with Crippen LogP contribution in [0, 0.1) is 5.92 Å². The van der Waals surface area contributed by atoms with Gasteiger partial charge < -0.3 is 4.90 Å². The van der Waals surface area contributed by atoms with Gasteiger partial charge in [-0.25, -0.2) is 9.97 Å². The zero-order valence-electron chi connectivity index (χ0n) is 13.3. The summed E-state index contributed by atoms with van der Waals surface area (Å²) in [5.74, 6) is 1.93. The van der Waals surface area contributed by atoms with E-state index in [1.54, 1.807) is 0 Å². The summed E-state index contributed by atoms with van der Waals surface area (Å²) in [6, 6.07) is 4.07. The maximum absolute atomic E-state index is 4.92. The summed E-state index contributed by atoms with van der Waals surface area (Å²) in [6.07, 6.45) is 8.37. The van der Waals surface area contributed by atoms with Gasteiger partial charge in [0.15, 0.2) is 5.65 Å². The van der Waals surface area contributed by atoms with Crippen molar-refractivity contribution in [3.05, 3.63) is 24.2 Å². The van der Waals surface area contributed by atoms with Gasteiger partial charge in [0.05, 0.1) is 6.17 Å². The van der Waals surface area contributed by atoms with E-state index < -0.39 is 0 Å². The first-order chi connectivity index (χ1) is 10.8. The molecule has 1 N–H and O–H groups in total. The Hall–Kier alpha value is -1.46. The molecule has 0 aromatic carbocycles. The van der Waals surface area contributed by atoms with Gasteiger partial charge in [0.25, 0.3) is 0 Å². The Morgan fingerprint density at radius 1 is 1.32 bits per heavy atom. The third-order valence-corrected chi connectivity index (χ3v) is 5.06. The molecule has 2 fully saturated rings. The predicted octanol–water partition coefficient (Wildman–Crippen LogP) is 2.20. The molecule has 4 heterocycles. The van der Waals surface area contributed by atoms with Crippen molar-refractivity contribution >= 4 is 11.2 Å². The van der Waals surface area contributed by atoms with Crippen LogP contribution in [-0.4, -0.2) is 46.1 Å². The standard InChI is InChI=1S/C17H25N5/c1-21-10-4-5-13(12-21)11-16-20-14-6-2-9-19-17(14)22(16)15-7-3-8-18-15/h2,6,9,13,15,18H,3-5,7-8,10-12H2,1H3. The fraction of sp³-hybridized carbons (Fsp3) is 0.647. The molecule has 2 unspecified atom stereocenters. The number of hydrogen-bond acceptors (Lipinski definition) is 4. The molecule has 5 heteroatoms. The van der Waals surface area contributed by atoms with E-state index in [1.165, 1.54) is 44.6 Å². The first-order valence-corrected chi connectivity index (χ1v) is 8.55. The molecule has 2 aliphatic heterocycles. The van der Waals surface area contributed by atoms with Crippen molar-refractivity contribution in [2.75, 3.05) is 26.7 Å². The van der Waals surface area contributed by atoms with E-state index in [9.17, 15) is 0 Å². The molecular weight excluding hydrogens is 274 g/mol. The molecule has 0 aliphatic carbocycles. The van der Waals surface area contributed by atoms with Crippen molar-refractivity contribution in [1.29, 1.82) is 0 Å². The molecule has 0 saturated carbocycles. The maximum Gasteiger partial charge on any atom is 0.161 e. The minimum absolute atomic E-state index is 0.372. The fourth-order valence-electron chi connectivity index (χ4n) is 4.03. The summed E-state index contributed by atoms with van der Waals surface area (Å²) in [6.45, 7) is 3.52. The van der Waals surface area contributed by atoms with Crippen LogP contribution in [0.15, 0.2) is 18.3 Å². The zero-order chi connectivity index (χ0) is 14.9. The molecule has 2 atom stereocenters. The Balaban J connectivity index is 1.68. The SMILES string of the molecule is CN1CCCC(Cc2nc3cccnc3n2C2CCCN2)C1. The summed E-state index contributed by atoms with van der Waals surface area (Å²) in [4.78, 5) is 12.0. The van der Waals surface area contributed by atoms with Crippen LogP contribution < -0.4 is 5.32 Å². The molecular formula is C17H25N5. The number of fused-ring (bicyclic) bond motifs is 1. The van der Waals surface area contributed by atoms with Crippen LogP contribution in [0.25, 0.3) is 11.2 Å². The summed E-state index contributed by atoms with van der Waals surface area (Å²) in [7, 11) is 2.23. The molecule has 0 bridgehead atoms. The maximum atomic E-state index is 4.92. The van der Waals surface area contributed by atoms with Crippen LogP contribution in [-0.2, 0) is 6.42 Å². The van der Waals surface area contributed by atoms with E-state index in [0.29, 0.717) is 6.17 Å². The molecule has 22 heavy (non-hydrogen) atoms. The van der Waals surface area contributed by atoms with Gasteiger partial charge in [-0.2, -0.15) is 0 Å². The molecule has 2 aromatic heterocycles. The minimum Gasteiger partial charge on any atom is -0.306 e. The third kappa shape index (κ3) is 2.63. The Morgan fingerprint density at radius 2 is 2.27 bits per heavy atom. The Bertz CT molecular complexity index is 644. The number of aromatic nitrogens is 3. The highest BCUT2D eigenvalue weighted by molar-refractivity contribution is 5.71. The highest BCUT2D eigenvalue weighted by Gasteiger charge is 2.25. The Labute approximate surface area is 131 Å². The van der Waals surface area contributed by atoms with E-state index in [1.807, 2.05) is 12.3 Å². The van der Waals surface area contributed by atoms with Gasteiger partial charge in [-0.15, -0.1) is 0 Å². The molecule has 5 nitrogen and oxygen atoms in total. The molecule has 0 spiro atoms. The lowest BCUT2D eigenvalue weighted by Crippen LogP contribution is -2.34. The Morgan fingerprint density at radius 3 is 3.09 bits per heavy atom. The lowest BCUT2D eigenvalue weighted by atomic mass is 9.95. The smallest absolute Gasteiger partial charge is 0.161 e. The first kappa shape index (κ1) is 14.2. The second-order valence-corrected chi connectivity index (χ2v) is 6.83. The fourth-order valence-corrected chi connectivity index (χ4v) is 4.03. The summed E-state index contributed by atoms with van der Waals surface area (Å²) in [5.41, 5.74) is 2.08. The molecule has 118 valence electrons. The summed E-state index contributed by atoms with van der Waals surface area (Å²) in [5, 5.41) is 3.61. The third-order valence-electron chi connectivity index (χ3n) is 5.06. The van der Waals surface area contributed by atoms with Crippen molar-refractivity contribution in [1.82, 2.24) is 24.8 Å². The number of likely N-dealkylation sites (tertiary alicyclic amines) is 1. The van der Waals surface area contributed by atoms with Gasteiger partial charge in [0.1, 0.15) is 11.3 Å². The number of nitrogens with one attached hydrogen (secondary N) is 1. The van der Waals surface area contributed by atoms with Crippen molar-refractivity contribution < 1.29 is 0 Å². The van der Waals surface area contributed by atoms with Crippen LogP contribution in [0.1, 0.15) is 37.7 Å². The van der Waals surface area contributed by atoms with Gasteiger partial charge >= 0.3 is 0 Å². The molecule has 2 aliphatic rings. The number of hydrogen-bond donors (Lipinski definition) is 1. The predicted molar refractivity (Wildman–Crippen MR) is 87.7 cm³/mol. The van der Waals surface area contributed by atoms with E-state index in [-0.39, 0.29) is 0 Å². The zero-order valence-corrected chi connectivity index (χ0v) is 13.3. The van der Waals surface area contributed by atoms with Gasteiger partial charge in [0, 0.05) is 19.2 Å². The van der Waals surface area contributed by atoms with Crippen LogP contribution in [0.2, 0.25) is 0 Å². The van der Waals surface area contributed by atoms with Gasteiger partial charge in [-0.3, -0.25) is 9.88 Å². The molecule has 2 aromatic rings. The van der Waals surface area contributed by atoms with Crippen LogP contribution >= 0.6 is 0 Å². The van der Waals surface area contributed by atoms with Crippen molar-refractivity contribution in [2.24, 2.45) is 5.92 Å². The average molecular weight is 299 g/mol. The number of piperidine rings is 1. The second-order valence-electron chi connectivity index (χ2n) is 6.83. The van der Waals surface area contributed by atoms with Crippen LogP contribution in [0.4, 0.5) is 0 Å². The normalized spacial score (nSPS) is 26.8. The molecule has 4 rings (SSSR count). The lowest BCUT2D eigenvalue weighted by molar-refractivity contribution is 0.206. The van der Waals surface area contributed by atoms with Gasteiger partial charge in [0.2, 0.25) is 0 Å². The largest absolute Gasteiger partial charge is 0.306 e. The monoisotopic (exact) mass is 299 g/mol. The Kier molecular flexibility index (Phi) is 3.84. The highest BCUT2D eigenvalue weighted by Crippen LogP contribution is 2.27. The molecule has 0 radical (unpaired) electrons.